The molecule has 6 heteroatoms. The number of nitrogens with zero attached hydrogens (tertiary/aromatic N) is 2. The van der Waals surface area contributed by atoms with E-state index >= 15 is 0 Å². The van der Waals surface area contributed by atoms with Gasteiger partial charge in [0, 0.05) is 61.4 Å². The summed E-state index contributed by atoms with van der Waals surface area (Å²) in [5.41, 5.74) is 17.9. The number of benzene rings is 9. The number of rotatable bonds is 4. The van der Waals surface area contributed by atoms with Crippen LogP contribution in [0.25, 0.3) is 76.3 Å². The van der Waals surface area contributed by atoms with Gasteiger partial charge in [0.25, 0.3) is 0 Å². The van der Waals surface area contributed by atoms with Gasteiger partial charge in [0.15, 0.2) is 0 Å². The average molecular weight is 813 g/mol. The normalized spacial score (nSPS) is 13.4. The first-order chi connectivity index (χ1) is 30.7. The van der Waals surface area contributed by atoms with Crippen LogP contribution in [0.15, 0.2) is 202 Å². The zero-order valence-corrected chi connectivity index (χ0v) is 33.8. The van der Waals surface area contributed by atoms with E-state index in [0.717, 1.165) is 105 Å². The smallest absolute Gasteiger partial charge is 0.143 e. The summed E-state index contributed by atoms with van der Waals surface area (Å²) in [6.07, 6.45) is 0. The van der Waals surface area contributed by atoms with Gasteiger partial charge in [-0.25, -0.2) is 4.98 Å². The zero-order valence-electron chi connectivity index (χ0n) is 33.0. The molecular formula is C56H32N2O3S. The van der Waals surface area contributed by atoms with E-state index in [-0.39, 0.29) is 0 Å². The van der Waals surface area contributed by atoms with Crippen LogP contribution in [-0.2, 0) is 5.41 Å². The molecule has 5 nitrogen and oxygen atoms in total. The number of anilines is 3. The standard InChI is InChI=1S/C56H32N2O3S/c1-5-15-44-37(11-1)38-12-2-6-16-45(38)56(44)46-17-7-10-20-52(46)60-53-31-35(22-24-47(53)56)58(34-23-25-51-42(28-34)39-13-3-8-18-49(39)59-51)36-29-41(33-21-26-54-48(27-33)57-32-62-54)55-43(30-36)40-14-4-9-19-50(40)61-55/h1-32H. The lowest BCUT2D eigenvalue weighted by Gasteiger charge is -2.40. The fourth-order valence-corrected chi connectivity index (χ4v) is 11.1. The molecule has 14 rings (SSSR count). The van der Waals surface area contributed by atoms with Crippen molar-refractivity contribution in [3.63, 3.8) is 0 Å². The van der Waals surface area contributed by atoms with E-state index in [1.54, 1.807) is 11.3 Å². The Labute approximate surface area is 359 Å². The molecule has 3 aromatic heterocycles. The Morgan fingerprint density at radius 1 is 0.435 bits per heavy atom. The van der Waals surface area contributed by atoms with Crippen LogP contribution in [0, 0.1) is 0 Å². The first kappa shape index (κ1) is 33.9. The molecule has 0 unspecified atom stereocenters. The second kappa shape index (κ2) is 12.6. The minimum atomic E-state index is -0.564. The van der Waals surface area contributed by atoms with Gasteiger partial charge in [-0.3, -0.25) is 0 Å². The first-order valence-corrected chi connectivity index (χ1v) is 21.7. The summed E-state index contributed by atoms with van der Waals surface area (Å²) in [6, 6.07) is 67.1. The molecule has 0 radical (unpaired) electrons. The number of fused-ring (bicyclic) bond motifs is 16. The van der Waals surface area contributed by atoms with Gasteiger partial charge in [0.1, 0.15) is 33.8 Å². The van der Waals surface area contributed by atoms with E-state index in [0.29, 0.717) is 0 Å². The van der Waals surface area contributed by atoms with Crippen molar-refractivity contribution in [1.29, 1.82) is 0 Å². The fourth-order valence-electron chi connectivity index (χ4n) is 10.5. The highest BCUT2D eigenvalue weighted by Gasteiger charge is 2.51. The molecule has 0 bridgehead atoms. The van der Waals surface area contributed by atoms with Gasteiger partial charge >= 0.3 is 0 Å². The van der Waals surface area contributed by atoms with Gasteiger partial charge in [-0.05, 0) is 94.5 Å². The molecular weight excluding hydrogens is 781 g/mol. The van der Waals surface area contributed by atoms with Crippen molar-refractivity contribution in [2.75, 3.05) is 4.90 Å². The lowest BCUT2D eigenvalue weighted by atomic mass is 9.66. The van der Waals surface area contributed by atoms with Crippen molar-refractivity contribution in [3.05, 3.63) is 216 Å². The minimum Gasteiger partial charge on any atom is -0.457 e. The van der Waals surface area contributed by atoms with Gasteiger partial charge in [-0.2, -0.15) is 0 Å². The SMILES string of the molecule is c1ccc2c(c1)Oc1cc(N(c3ccc4oc5ccccc5c4c3)c3cc(-c4ccc5scnc5c4)c4oc5ccccc5c4c3)ccc1C21c2ccccc2-c2ccccc21. The lowest BCUT2D eigenvalue weighted by Crippen LogP contribution is -2.32. The maximum atomic E-state index is 7.05. The number of aromatic nitrogens is 1. The van der Waals surface area contributed by atoms with Crippen LogP contribution >= 0.6 is 11.3 Å². The molecule has 4 heterocycles. The molecule has 1 aliphatic carbocycles. The van der Waals surface area contributed by atoms with Crippen LogP contribution in [0.3, 0.4) is 0 Å². The third kappa shape index (κ3) is 4.59. The molecule has 0 atom stereocenters. The highest BCUT2D eigenvalue weighted by molar-refractivity contribution is 7.16. The van der Waals surface area contributed by atoms with Crippen LogP contribution in [0.4, 0.5) is 17.1 Å². The van der Waals surface area contributed by atoms with Crippen LogP contribution < -0.4 is 9.64 Å². The van der Waals surface area contributed by atoms with E-state index in [2.05, 4.69) is 169 Å². The summed E-state index contributed by atoms with van der Waals surface area (Å²) in [6.45, 7) is 0. The van der Waals surface area contributed by atoms with Crippen molar-refractivity contribution < 1.29 is 13.6 Å². The molecule has 1 aliphatic heterocycles. The molecule has 0 saturated heterocycles. The molecule has 0 fully saturated rings. The predicted octanol–water partition coefficient (Wildman–Crippen LogP) is 15.7. The summed E-state index contributed by atoms with van der Waals surface area (Å²) in [4.78, 5) is 7.05. The quantitative estimate of drug-likeness (QED) is 0.177. The van der Waals surface area contributed by atoms with Gasteiger partial charge in [-0.15, -0.1) is 11.3 Å². The van der Waals surface area contributed by atoms with Gasteiger partial charge in [-0.1, -0.05) is 115 Å². The summed E-state index contributed by atoms with van der Waals surface area (Å²) in [5, 5.41) is 4.21. The van der Waals surface area contributed by atoms with Crippen molar-refractivity contribution in [3.8, 4) is 33.8 Å². The molecule has 1 spiro atoms. The van der Waals surface area contributed by atoms with Crippen molar-refractivity contribution in [2.24, 2.45) is 0 Å². The molecule has 12 aromatic rings. The Kier molecular flexibility index (Phi) is 6.85. The zero-order chi connectivity index (χ0) is 40.5. The maximum Gasteiger partial charge on any atom is 0.143 e. The number of hydrogen-bond donors (Lipinski definition) is 0. The number of para-hydroxylation sites is 3. The molecule has 0 saturated carbocycles. The highest BCUT2D eigenvalue weighted by Crippen LogP contribution is 2.62. The van der Waals surface area contributed by atoms with E-state index in [1.807, 2.05) is 29.8 Å². The Hall–Kier alpha value is -7.93. The molecule has 2 aliphatic rings. The van der Waals surface area contributed by atoms with Gasteiger partial charge < -0.3 is 18.5 Å². The van der Waals surface area contributed by atoms with Crippen LogP contribution in [0.2, 0.25) is 0 Å². The number of thiazole rings is 1. The van der Waals surface area contributed by atoms with E-state index in [9.17, 15) is 0 Å². The number of furan rings is 2. The molecule has 62 heavy (non-hydrogen) atoms. The van der Waals surface area contributed by atoms with Gasteiger partial charge in [0.05, 0.1) is 21.1 Å². The second-order valence-electron chi connectivity index (χ2n) is 16.2. The van der Waals surface area contributed by atoms with E-state index < -0.39 is 5.41 Å². The third-order valence-corrected chi connectivity index (χ3v) is 13.9. The van der Waals surface area contributed by atoms with E-state index in [4.69, 9.17) is 18.6 Å². The molecule has 290 valence electrons. The molecule has 9 aromatic carbocycles. The maximum absolute atomic E-state index is 7.05. The van der Waals surface area contributed by atoms with Crippen LogP contribution in [0.5, 0.6) is 11.5 Å². The minimum absolute atomic E-state index is 0.564. The van der Waals surface area contributed by atoms with Crippen molar-refractivity contribution in [1.82, 2.24) is 4.98 Å². The number of hydrogen-bond acceptors (Lipinski definition) is 6. The van der Waals surface area contributed by atoms with E-state index in [1.165, 1.54) is 22.3 Å². The first-order valence-electron chi connectivity index (χ1n) is 20.8. The Balaban J connectivity index is 1.05. The molecule has 0 amide bonds. The summed E-state index contributed by atoms with van der Waals surface area (Å²) in [7, 11) is 0. The monoisotopic (exact) mass is 812 g/mol. The van der Waals surface area contributed by atoms with Crippen LogP contribution in [-0.4, -0.2) is 4.98 Å². The summed E-state index contributed by atoms with van der Waals surface area (Å²) in [5.74, 6) is 1.67. The predicted molar refractivity (Wildman–Crippen MR) is 252 cm³/mol. The third-order valence-electron chi connectivity index (χ3n) is 13.1. The second-order valence-corrected chi connectivity index (χ2v) is 17.1. The van der Waals surface area contributed by atoms with Crippen LogP contribution in [0.1, 0.15) is 22.3 Å². The van der Waals surface area contributed by atoms with Crippen molar-refractivity contribution >= 4 is 82.5 Å². The largest absolute Gasteiger partial charge is 0.457 e. The highest BCUT2D eigenvalue weighted by atomic mass is 32.1. The average Bonchev–Trinajstić information content (AvgIpc) is 4.11. The summed E-state index contributed by atoms with van der Waals surface area (Å²) < 4.78 is 21.3. The Morgan fingerprint density at radius 3 is 1.89 bits per heavy atom. The summed E-state index contributed by atoms with van der Waals surface area (Å²) >= 11 is 1.65. The topological polar surface area (TPSA) is 51.6 Å². The Bertz CT molecular complexity index is 3790. The van der Waals surface area contributed by atoms with Crippen molar-refractivity contribution in [2.45, 2.75) is 5.41 Å². The Morgan fingerprint density at radius 2 is 1.06 bits per heavy atom. The van der Waals surface area contributed by atoms with Gasteiger partial charge in [0.2, 0.25) is 0 Å². The molecule has 0 N–H and O–H groups in total. The number of ether oxygens (including phenoxy) is 1. The lowest BCUT2D eigenvalue weighted by molar-refractivity contribution is 0.436. The fraction of sp³-hybridized carbons (Fsp3) is 0.0179.